The van der Waals surface area contributed by atoms with Crippen LogP contribution in [-0.4, -0.2) is 29.2 Å². The smallest absolute Gasteiger partial charge is 0.127 e. The number of nitrogens with zero attached hydrogens (tertiary/aromatic N) is 1. The fourth-order valence-electron chi connectivity index (χ4n) is 2.19. The van der Waals surface area contributed by atoms with Crippen LogP contribution in [0.4, 0.5) is 4.39 Å². The molecule has 0 saturated carbocycles. The van der Waals surface area contributed by atoms with E-state index in [0.717, 1.165) is 19.4 Å². The number of likely N-dealkylation sites (tertiary alicyclic amines) is 1. The number of hydrogen-bond acceptors (Lipinski definition) is 2. The Morgan fingerprint density at radius 3 is 3.06 bits per heavy atom. The molecule has 16 heavy (non-hydrogen) atoms. The zero-order valence-electron chi connectivity index (χ0n) is 9.00. The van der Waals surface area contributed by atoms with Gasteiger partial charge in [0.2, 0.25) is 0 Å². The van der Waals surface area contributed by atoms with Gasteiger partial charge in [-0.05, 0) is 37.6 Å². The summed E-state index contributed by atoms with van der Waals surface area (Å²) in [6.45, 7) is 1.58. The molecular formula is C12H15ClFNO. The lowest BCUT2D eigenvalue weighted by molar-refractivity contribution is 0.152. The minimum Gasteiger partial charge on any atom is -0.395 e. The number of aliphatic hydroxyl groups is 1. The zero-order valence-corrected chi connectivity index (χ0v) is 9.75. The molecule has 1 aromatic carbocycles. The van der Waals surface area contributed by atoms with Crippen LogP contribution >= 0.6 is 11.6 Å². The van der Waals surface area contributed by atoms with Crippen molar-refractivity contribution in [2.75, 3.05) is 13.2 Å². The molecule has 1 saturated heterocycles. The summed E-state index contributed by atoms with van der Waals surface area (Å²) < 4.78 is 13.5. The number of halogens is 2. The van der Waals surface area contributed by atoms with Crippen molar-refractivity contribution < 1.29 is 9.50 Å². The second kappa shape index (κ2) is 5.13. The Balaban J connectivity index is 2.11. The third-order valence-electron chi connectivity index (χ3n) is 3.09. The van der Waals surface area contributed by atoms with Crippen LogP contribution in [0.3, 0.4) is 0 Å². The number of rotatable bonds is 3. The van der Waals surface area contributed by atoms with Gasteiger partial charge in [-0.25, -0.2) is 4.39 Å². The highest BCUT2D eigenvalue weighted by Crippen LogP contribution is 2.22. The first-order valence-corrected chi connectivity index (χ1v) is 5.87. The Morgan fingerprint density at radius 2 is 2.31 bits per heavy atom. The Labute approximate surface area is 99.6 Å². The van der Waals surface area contributed by atoms with Crippen LogP contribution in [0.2, 0.25) is 5.02 Å². The largest absolute Gasteiger partial charge is 0.395 e. The van der Waals surface area contributed by atoms with Crippen molar-refractivity contribution >= 4 is 11.6 Å². The summed E-state index contributed by atoms with van der Waals surface area (Å²) in [6.07, 6.45) is 2.05. The van der Waals surface area contributed by atoms with Crippen molar-refractivity contribution in [2.24, 2.45) is 0 Å². The van der Waals surface area contributed by atoms with E-state index < -0.39 is 0 Å². The third kappa shape index (κ3) is 2.54. The van der Waals surface area contributed by atoms with Crippen molar-refractivity contribution in [1.82, 2.24) is 4.90 Å². The van der Waals surface area contributed by atoms with Gasteiger partial charge in [0.15, 0.2) is 0 Å². The SMILES string of the molecule is OCC1CCCN1Cc1cc(Cl)ccc1F. The third-order valence-corrected chi connectivity index (χ3v) is 3.33. The fourth-order valence-corrected chi connectivity index (χ4v) is 2.39. The topological polar surface area (TPSA) is 23.5 Å². The van der Waals surface area contributed by atoms with Crippen LogP contribution in [-0.2, 0) is 6.54 Å². The number of hydrogen-bond donors (Lipinski definition) is 1. The molecule has 1 fully saturated rings. The van der Waals surface area contributed by atoms with Gasteiger partial charge in [-0.15, -0.1) is 0 Å². The molecule has 1 N–H and O–H groups in total. The highest BCUT2D eigenvalue weighted by atomic mass is 35.5. The molecule has 0 aliphatic carbocycles. The molecule has 1 unspecified atom stereocenters. The first-order valence-electron chi connectivity index (χ1n) is 5.49. The van der Waals surface area contributed by atoms with Gasteiger partial charge >= 0.3 is 0 Å². The van der Waals surface area contributed by atoms with Gasteiger partial charge in [-0.3, -0.25) is 4.90 Å². The number of benzene rings is 1. The average Bonchev–Trinajstić information content (AvgIpc) is 2.71. The predicted octanol–water partition coefficient (Wildman–Crippen LogP) is 2.44. The molecule has 88 valence electrons. The minimum atomic E-state index is -0.229. The molecule has 1 aliphatic heterocycles. The quantitative estimate of drug-likeness (QED) is 0.882. The zero-order chi connectivity index (χ0) is 11.5. The second-order valence-electron chi connectivity index (χ2n) is 4.18. The van der Waals surface area contributed by atoms with Gasteiger partial charge in [-0.2, -0.15) is 0 Å². The Morgan fingerprint density at radius 1 is 1.50 bits per heavy atom. The minimum absolute atomic E-state index is 0.141. The van der Waals surface area contributed by atoms with Gasteiger partial charge in [-0.1, -0.05) is 11.6 Å². The highest BCUT2D eigenvalue weighted by Gasteiger charge is 2.24. The van der Waals surface area contributed by atoms with E-state index >= 15 is 0 Å². The van der Waals surface area contributed by atoms with Crippen molar-refractivity contribution in [3.8, 4) is 0 Å². The normalized spacial score (nSPS) is 21.6. The predicted molar refractivity (Wildman–Crippen MR) is 61.9 cm³/mol. The van der Waals surface area contributed by atoms with E-state index in [-0.39, 0.29) is 18.5 Å². The van der Waals surface area contributed by atoms with E-state index in [9.17, 15) is 9.50 Å². The Kier molecular flexibility index (Phi) is 3.79. The van der Waals surface area contributed by atoms with E-state index in [1.54, 1.807) is 12.1 Å². The van der Waals surface area contributed by atoms with Gasteiger partial charge in [0.25, 0.3) is 0 Å². The lowest BCUT2D eigenvalue weighted by atomic mass is 10.2. The lowest BCUT2D eigenvalue weighted by Crippen LogP contribution is -2.31. The monoisotopic (exact) mass is 243 g/mol. The van der Waals surface area contributed by atoms with E-state index in [0.29, 0.717) is 17.1 Å². The summed E-state index contributed by atoms with van der Waals surface area (Å²) in [5, 5.41) is 9.73. The van der Waals surface area contributed by atoms with Crippen LogP contribution in [0, 0.1) is 5.82 Å². The van der Waals surface area contributed by atoms with Crippen LogP contribution in [0.25, 0.3) is 0 Å². The van der Waals surface area contributed by atoms with E-state index in [1.165, 1.54) is 6.07 Å². The van der Waals surface area contributed by atoms with Gasteiger partial charge in [0.1, 0.15) is 5.82 Å². The lowest BCUT2D eigenvalue weighted by Gasteiger charge is -2.22. The molecule has 2 nitrogen and oxygen atoms in total. The van der Waals surface area contributed by atoms with Crippen LogP contribution in [0.5, 0.6) is 0 Å². The Bertz CT molecular complexity index is 372. The molecule has 4 heteroatoms. The van der Waals surface area contributed by atoms with Gasteiger partial charge in [0.05, 0.1) is 6.61 Å². The van der Waals surface area contributed by atoms with Gasteiger partial charge < -0.3 is 5.11 Å². The van der Waals surface area contributed by atoms with Gasteiger partial charge in [0, 0.05) is 23.2 Å². The molecule has 2 rings (SSSR count). The molecule has 0 bridgehead atoms. The van der Waals surface area contributed by atoms with Crippen LogP contribution in [0.1, 0.15) is 18.4 Å². The molecule has 0 aromatic heterocycles. The van der Waals surface area contributed by atoms with Crippen LogP contribution < -0.4 is 0 Å². The molecule has 0 spiro atoms. The van der Waals surface area contributed by atoms with Crippen LogP contribution in [0.15, 0.2) is 18.2 Å². The van der Waals surface area contributed by atoms with E-state index in [1.807, 2.05) is 0 Å². The standard InChI is InChI=1S/C12H15ClFNO/c13-10-3-4-12(14)9(6-10)7-15-5-1-2-11(15)8-16/h3-4,6,11,16H,1-2,5,7-8H2. The number of aliphatic hydroxyl groups excluding tert-OH is 1. The summed E-state index contributed by atoms with van der Waals surface area (Å²) in [4.78, 5) is 2.11. The maximum Gasteiger partial charge on any atom is 0.127 e. The molecule has 1 atom stereocenters. The van der Waals surface area contributed by atoms with Crippen molar-refractivity contribution in [3.05, 3.63) is 34.6 Å². The summed E-state index contributed by atoms with van der Waals surface area (Å²) in [5.74, 6) is -0.229. The molecule has 1 heterocycles. The summed E-state index contributed by atoms with van der Waals surface area (Å²) in [7, 11) is 0. The molecule has 1 aliphatic rings. The molecule has 0 radical (unpaired) electrons. The first-order chi connectivity index (χ1) is 7.70. The van der Waals surface area contributed by atoms with Crippen molar-refractivity contribution in [2.45, 2.75) is 25.4 Å². The summed E-state index contributed by atoms with van der Waals surface area (Å²) >= 11 is 5.84. The molecular weight excluding hydrogens is 229 g/mol. The second-order valence-corrected chi connectivity index (χ2v) is 4.62. The van der Waals surface area contributed by atoms with Crippen molar-refractivity contribution in [3.63, 3.8) is 0 Å². The van der Waals surface area contributed by atoms with E-state index in [2.05, 4.69) is 4.90 Å². The summed E-state index contributed by atoms with van der Waals surface area (Å²) in [5.41, 5.74) is 0.604. The maximum absolute atomic E-state index is 13.5. The first kappa shape index (κ1) is 11.8. The van der Waals surface area contributed by atoms with E-state index in [4.69, 9.17) is 11.6 Å². The molecule has 1 aromatic rings. The summed E-state index contributed by atoms with van der Waals surface area (Å²) in [6, 6.07) is 4.76. The molecule has 0 amide bonds. The Hall–Kier alpha value is -0.640. The average molecular weight is 244 g/mol. The highest BCUT2D eigenvalue weighted by molar-refractivity contribution is 6.30. The fraction of sp³-hybridized carbons (Fsp3) is 0.500. The van der Waals surface area contributed by atoms with Crippen molar-refractivity contribution in [1.29, 1.82) is 0 Å². The maximum atomic E-state index is 13.5.